The lowest BCUT2D eigenvalue weighted by Crippen LogP contribution is -1.85. The number of fused-ring (bicyclic) bond motifs is 2. The molecule has 0 aliphatic carbocycles. The van der Waals surface area contributed by atoms with Gasteiger partial charge in [0.15, 0.2) is 17.1 Å². The summed E-state index contributed by atoms with van der Waals surface area (Å²) < 4.78 is 10.8. The maximum absolute atomic E-state index is 5.43. The zero-order chi connectivity index (χ0) is 14.4. The summed E-state index contributed by atoms with van der Waals surface area (Å²) in [6.45, 7) is 9.81. The minimum Gasteiger partial charge on any atom is -0.441 e. The van der Waals surface area contributed by atoms with Crippen LogP contribution in [0.5, 0.6) is 0 Å². The van der Waals surface area contributed by atoms with Crippen LogP contribution in [0.3, 0.4) is 0 Å². The number of oxazole rings is 2. The molecule has 0 saturated heterocycles. The predicted octanol–water partition coefficient (Wildman–Crippen LogP) is 4.37. The lowest BCUT2D eigenvalue weighted by atomic mass is 10.3. The molecule has 0 spiro atoms. The second-order valence-electron chi connectivity index (χ2n) is 3.29. The number of nitrogens with one attached hydrogen (secondary N) is 1. The van der Waals surface area contributed by atoms with Crippen LogP contribution in [0.1, 0.15) is 33.6 Å². The monoisotopic (exact) mass is 263 g/mol. The molecule has 0 aliphatic rings. The highest BCUT2D eigenvalue weighted by atomic mass is 16.4. The number of aryl methyl sites for hydroxylation is 1. The van der Waals surface area contributed by atoms with Crippen molar-refractivity contribution in [1.82, 2.24) is 9.97 Å². The molecule has 1 N–H and O–H groups in total. The summed E-state index contributed by atoms with van der Waals surface area (Å²) in [4.78, 5) is 8.45. The van der Waals surface area contributed by atoms with Gasteiger partial charge in [0.25, 0.3) is 6.01 Å². The minimum absolute atomic E-state index is 0.495. The molecule has 3 rings (SSSR count). The molecule has 0 unspecified atom stereocenters. The molecule has 0 fully saturated rings. The van der Waals surface area contributed by atoms with Crippen molar-refractivity contribution in [2.45, 2.75) is 34.6 Å². The fourth-order valence-corrected chi connectivity index (χ4v) is 1.57. The molecule has 0 saturated carbocycles. The van der Waals surface area contributed by atoms with Crippen LogP contribution in [0.4, 0.5) is 6.01 Å². The number of benzene rings is 1. The van der Waals surface area contributed by atoms with Gasteiger partial charge in [0.1, 0.15) is 11.0 Å². The third-order valence-corrected chi connectivity index (χ3v) is 2.22. The minimum atomic E-state index is 0.495. The fraction of sp³-hybridized carbons (Fsp3) is 0.429. The van der Waals surface area contributed by atoms with Gasteiger partial charge in [0.05, 0.1) is 0 Å². The van der Waals surface area contributed by atoms with Crippen molar-refractivity contribution in [2.24, 2.45) is 0 Å². The van der Waals surface area contributed by atoms with E-state index in [4.69, 9.17) is 8.83 Å². The molecule has 5 nitrogen and oxygen atoms in total. The maximum Gasteiger partial charge on any atom is 0.295 e. The van der Waals surface area contributed by atoms with Crippen LogP contribution >= 0.6 is 0 Å². The highest BCUT2D eigenvalue weighted by Crippen LogP contribution is 2.25. The Kier molecular flexibility index (Phi) is 5.36. The van der Waals surface area contributed by atoms with Crippen LogP contribution in [0.15, 0.2) is 21.0 Å². The molecule has 2 aromatic heterocycles. The molecule has 0 bridgehead atoms. The molecule has 104 valence electrons. The third-order valence-electron chi connectivity index (χ3n) is 2.22. The molecule has 0 amide bonds. The van der Waals surface area contributed by atoms with Crippen LogP contribution in [0, 0.1) is 6.92 Å². The Labute approximate surface area is 113 Å². The zero-order valence-corrected chi connectivity index (χ0v) is 12.4. The Morgan fingerprint density at radius 3 is 2.00 bits per heavy atom. The predicted molar refractivity (Wildman–Crippen MR) is 78.6 cm³/mol. The van der Waals surface area contributed by atoms with Gasteiger partial charge in [-0.25, -0.2) is 4.98 Å². The van der Waals surface area contributed by atoms with E-state index in [0.717, 1.165) is 16.6 Å². The van der Waals surface area contributed by atoms with Crippen molar-refractivity contribution in [1.29, 1.82) is 0 Å². The van der Waals surface area contributed by atoms with Crippen LogP contribution in [-0.2, 0) is 0 Å². The summed E-state index contributed by atoms with van der Waals surface area (Å²) in [5.41, 5.74) is 3.00. The van der Waals surface area contributed by atoms with Gasteiger partial charge >= 0.3 is 0 Å². The van der Waals surface area contributed by atoms with E-state index in [2.05, 4.69) is 15.3 Å². The summed E-state index contributed by atoms with van der Waals surface area (Å²) in [7, 11) is 1.76. The van der Waals surface area contributed by atoms with Gasteiger partial charge in [-0.1, -0.05) is 27.7 Å². The Balaban J connectivity index is 0.000000415. The van der Waals surface area contributed by atoms with Gasteiger partial charge in [-0.15, -0.1) is 0 Å². The molecule has 2 heterocycles. The molecule has 5 heteroatoms. The first kappa shape index (κ1) is 15.0. The number of nitrogens with zero attached hydrogens (tertiary/aromatic N) is 2. The first-order valence-corrected chi connectivity index (χ1v) is 6.62. The van der Waals surface area contributed by atoms with E-state index in [1.165, 1.54) is 0 Å². The molecular formula is C14H21N3O2. The van der Waals surface area contributed by atoms with Crippen molar-refractivity contribution in [3.05, 3.63) is 18.0 Å². The van der Waals surface area contributed by atoms with E-state index < -0.39 is 0 Å². The molecule has 0 radical (unpaired) electrons. The highest BCUT2D eigenvalue weighted by Gasteiger charge is 2.09. The van der Waals surface area contributed by atoms with Crippen molar-refractivity contribution >= 4 is 28.2 Å². The molecule has 3 aromatic rings. The van der Waals surface area contributed by atoms with Gasteiger partial charge in [-0.2, -0.15) is 4.98 Å². The smallest absolute Gasteiger partial charge is 0.295 e. The number of anilines is 1. The van der Waals surface area contributed by atoms with Crippen LogP contribution in [0.2, 0.25) is 0 Å². The number of aromatic nitrogens is 2. The van der Waals surface area contributed by atoms with Crippen LogP contribution < -0.4 is 5.32 Å². The first-order chi connectivity index (χ1) is 9.26. The quantitative estimate of drug-likeness (QED) is 0.706. The van der Waals surface area contributed by atoms with E-state index in [1.807, 2.05) is 46.8 Å². The van der Waals surface area contributed by atoms with E-state index in [1.54, 1.807) is 7.05 Å². The van der Waals surface area contributed by atoms with E-state index in [9.17, 15) is 0 Å². The fourth-order valence-electron chi connectivity index (χ4n) is 1.57. The van der Waals surface area contributed by atoms with Gasteiger partial charge in [-0.3, -0.25) is 0 Å². The van der Waals surface area contributed by atoms with Gasteiger partial charge in [0, 0.05) is 26.1 Å². The van der Waals surface area contributed by atoms with Crippen molar-refractivity contribution in [3.8, 4) is 0 Å². The van der Waals surface area contributed by atoms with E-state index in [-0.39, 0.29) is 0 Å². The Bertz CT molecular complexity index is 590. The summed E-state index contributed by atoms with van der Waals surface area (Å²) in [6.07, 6.45) is 0. The summed E-state index contributed by atoms with van der Waals surface area (Å²) >= 11 is 0. The molecule has 1 aromatic carbocycles. The number of hydrogen-bond acceptors (Lipinski definition) is 5. The second-order valence-corrected chi connectivity index (χ2v) is 3.29. The van der Waals surface area contributed by atoms with E-state index in [0.29, 0.717) is 17.5 Å². The van der Waals surface area contributed by atoms with Gasteiger partial charge in [-0.05, 0) is 0 Å². The molecule has 0 atom stereocenters. The molecule has 0 aliphatic heterocycles. The van der Waals surface area contributed by atoms with Gasteiger partial charge in [0.2, 0.25) is 0 Å². The van der Waals surface area contributed by atoms with Crippen LogP contribution in [0.25, 0.3) is 22.2 Å². The van der Waals surface area contributed by atoms with E-state index >= 15 is 0 Å². The van der Waals surface area contributed by atoms with Crippen molar-refractivity contribution in [2.75, 3.05) is 12.4 Å². The van der Waals surface area contributed by atoms with Crippen molar-refractivity contribution in [3.63, 3.8) is 0 Å². The topological polar surface area (TPSA) is 64.1 Å². The SMILES string of the molecule is CC.CC.CNc1nc2cc3oc(C)nc3cc2o1. The highest BCUT2D eigenvalue weighted by molar-refractivity contribution is 5.89. The summed E-state index contributed by atoms with van der Waals surface area (Å²) in [5.74, 6) is 0.645. The summed E-state index contributed by atoms with van der Waals surface area (Å²) in [6, 6.07) is 4.15. The van der Waals surface area contributed by atoms with Crippen LogP contribution in [-0.4, -0.2) is 17.0 Å². The Morgan fingerprint density at radius 1 is 0.895 bits per heavy atom. The lowest BCUT2D eigenvalue weighted by molar-refractivity contribution is 0.561. The average Bonchev–Trinajstić information content (AvgIpc) is 3.01. The average molecular weight is 263 g/mol. The number of hydrogen-bond donors (Lipinski definition) is 1. The Hall–Kier alpha value is -2.04. The summed E-state index contributed by atoms with van der Waals surface area (Å²) in [5, 5.41) is 2.85. The number of rotatable bonds is 1. The standard InChI is InChI=1S/C10H9N3O2.2C2H6/c1-5-12-6-3-9-7(4-8(6)14-5)13-10(11-2)15-9;2*1-2/h3-4H,1-2H3,(H,11,13);2*1-2H3. The normalized spacial score (nSPS) is 9.58. The lowest BCUT2D eigenvalue weighted by Gasteiger charge is -1.85. The molecular weight excluding hydrogens is 242 g/mol. The van der Waals surface area contributed by atoms with Gasteiger partial charge < -0.3 is 14.2 Å². The third kappa shape index (κ3) is 3.05. The first-order valence-electron chi connectivity index (χ1n) is 6.62. The maximum atomic E-state index is 5.43. The van der Waals surface area contributed by atoms with Crippen molar-refractivity contribution < 1.29 is 8.83 Å². The Morgan fingerprint density at radius 2 is 1.42 bits per heavy atom. The second kappa shape index (κ2) is 6.78. The zero-order valence-electron chi connectivity index (χ0n) is 12.4. The molecule has 19 heavy (non-hydrogen) atoms. The largest absolute Gasteiger partial charge is 0.441 e.